The quantitative estimate of drug-likeness (QED) is 0.817. The molecule has 1 fully saturated rings. The number of hydrogen-bond donors (Lipinski definition) is 2. The van der Waals surface area contributed by atoms with Crippen molar-refractivity contribution >= 4 is 17.8 Å². The maximum atomic E-state index is 12.5. The standard InChI is InChI=1S/C19H27N5O3/c1-5-15(23-18(26)27-19(2,3)4)17(25)22-14-8-10-24(12-14)16-13(11-20)7-6-9-21-16/h6-7,9,14-15H,5,8,10,12H2,1-4H3,(H,22,25)(H,23,26)/t14-,15-/m0/s1. The van der Waals surface area contributed by atoms with E-state index in [4.69, 9.17) is 4.74 Å². The van der Waals surface area contributed by atoms with Crippen LogP contribution in [0.15, 0.2) is 18.3 Å². The largest absolute Gasteiger partial charge is 0.444 e. The molecular formula is C19H27N5O3. The molecule has 8 heteroatoms. The molecular weight excluding hydrogens is 346 g/mol. The topological polar surface area (TPSA) is 107 Å². The van der Waals surface area contributed by atoms with Gasteiger partial charge in [-0.2, -0.15) is 5.26 Å². The van der Waals surface area contributed by atoms with Crippen LogP contribution in [-0.4, -0.2) is 47.8 Å². The van der Waals surface area contributed by atoms with Crippen LogP contribution in [0, 0.1) is 11.3 Å². The number of hydrogen-bond acceptors (Lipinski definition) is 6. The summed E-state index contributed by atoms with van der Waals surface area (Å²) in [7, 11) is 0. The minimum Gasteiger partial charge on any atom is -0.444 e. The molecule has 0 aliphatic carbocycles. The predicted octanol–water partition coefficient (Wildman–Crippen LogP) is 1.95. The van der Waals surface area contributed by atoms with Gasteiger partial charge in [-0.3, -0.25) is 4.79 Å². The number of rotatable bonds is 5. The molecule has 8 nitrogen and oxygen atoms in total. The highest BCUT2D eigenvalue weighted by molar-refractivity contribution is 5.86. The van der Waals surface area contributed by atoms with Gasteiger partial charge in [-0.05, 0) is 45.7 Å². The van der Waals surface area contributed by atoms with Crippen LogP contribution in [0.3, 0.4) is 0 Å². The molecule has 2 N–H and O–H groups in total. The minimum absolute atomic E-state index is 0.0689. The molecule has 0 aromatic carbocycles. The van der Waals surface area contributed by atoms with Crippen LogP contribution < -0.4 is 15.5 Å². The van der Waals surface area contributed by atoms with Crippen LogP contribution in [0.4, 0.5) is 10.6 Å². The van der Waals surface area contributed by atoms with Gasteiger partial charge in [0.25, 0.3) is 0 Å². The van der Waals surface area contributed by atoms with Crippen LogP contribution in [0.1, 0.15) is 46.1 Å². The Bertz CT molecular complexity index is 723. The van der Waals surface area contributed by atoms with Crippen molar-refractivity contribution in [1.82, 2.24) is 15.6 Å². The number of anilines is 1. The van der Waals surface area contributed by atoms with E-state index in [2.05, 4.69) is 21.7 Å². The summed E-state index contributed by atoms with van der Waals surface area (Å²) >= 11 is 0. The van der Waals surface area contributed by atoms with Crippen molar-refractivity contribution in [2.45, 2.75) is 58.2 Å². The van der Waals surface area contributed by atoms with Crippen molar-refractivity contribution in [3.63, 3.8) is 0 Å². The fraction of sp³-hybridized carbons (Fsp3) is 0.579. The summed E-state index contributed by atoms with van der Waals surface area (Å²) in [5.74, 6) is 0.396. The summed E-state index contributed by atoms with van der Waals surface area (Å²) in [4.78, 5) is 30.7. The Labute approximate surface area is 159 Å². The minimum atomic E-state index is -0.654. The van der Waals surface area contributed by atoms with E-state index in [1.165, 1.54) is 0 Å². The van der Waals surface area contributed by atoms with Gasteiger partial charge in [-0.15, -0.1) is 0 Å². The third kappa shape index (κ3) is 5.84. The van der Waals surface area contributed by atoms with Gasteiger partial charge in [0, 0.05) is 25.3 Å². The highest BCUT2D eigenvalue weighted by Gasteiger charge is 2.29. The molecule has 2 amide bonds. The molecule has 0 saturated carbocycles. The zero-order chi connectivity index (χ0) is 20.0. The molecule has 27 heavy (non-hydrogen) atoms. The van der Waals surface area contributed by atoms with Gasteiger partial charge in [-0.1, -0.05) is 6.92 Å². The average Bonchev–Trinajstić information content (AvgIpc) is 3.06. The molecule has 1 aliphatic rings. The van der Waals surface area contributed by atoms with Crippen molar-refractivity contribution in [2.24, 2.45) is 0 Å². The Morgan fingerprint density at radius 3 is 2.85 bits per heavy atom. The van der Waals surface area contributed by atoms with Gasteiger partial charge in [0.2, 0.25) is 5.91 Å². The fourth-order valence-electron chi connectivity index (χ4n) is 2.91. The first kappa shape index (κ1) is 20.5. The van der Waals surface area contributed by atoms with E-state index in [-0.39, 0.29) is 11.9 Å². The Balaban J connectivity index is 1.92. The van der Waals surface area contributed by atoms with Crippen molar-refractivity contribution in [3.8, 4) is 6.07 Å². The number of carbonyl (C=O) groups excluding carboxylic acids is 2. The number of aromatic nitrogens is 1. The Kier molecular flexibility index (Phi) is 6.61. The van der Waals surface area contributed by atoms with E-state index in [9.17, 15) is 14.9 Å². The van der Waals surface area contributed by atoms with E-state index < -0.39 is 17.7 Å². The van der Waals surface area contributed by atoms with E-state index in [1.807, 2.05) is 11.8 Å². The number of ether oxygens (including phenoxy) is 1. The lowest BCUT2D eigenvalue weighted by molar-refractivity contribution is -0.123. The van der Waals surface area contributed by atoms with E-state index in [0.29, 0.717) is 30.9 Å². The zero-order valence-corrected chi connectivity index (χ0v) is 16.3. The lowest BCUT2D eigenvalue weighted by atomic mass is 10.2. The number of alkyl carbamates (subject to hydrolysis) is 1. The van der Waals surface area contributed by atoms with Gasteiger partial charge in [0.05, 0.1) is 5.56 Å². The van der Waals surface area contributed by atoms with E-state index in [0.717, 1.165) is 6.42 Å². The Hall–Kier alpha value is -2.82. The summed E-state index contributed by atoms with van der Waals surface area (Å²) in [6.07, 6.45) is 2.25. The molecule has 0 spiro atoms. The molecule has 146 valence electrons. The molecule has 2 heterocycles. The maximum Gasteiger partial charge on any atom is 0.408 e. The maximum absolute atomic E-state index is 12.5. The van der Waals surface area contributed by atoms with Crippen molar-refractivity contribution < 1.29 is 14.3 Å². The lowest BCUT2D eigenvalue weighted by Gasteiger charge is -2.24. The summed E-state index contributed by atoms with van der Waals surface area (Å²) in [5.41, 5.74) is -0.103. The van der Waals surface area contributed by atoms with Gasteiger partial charge in [0.15, 0.2) is 0 Å². The highest BCUT2D eigenvalue weighted by Crippen LogP contribution is 2.21. The first-order chi connectivity index (χ1) is 12.7. The molecule has 1 aliphatic heterocycles. The highest BCUT2D eigenvalue weighted by atomic mass is 16.6. The second-order valence-electron chi connectivity index (χ2n) is 7.53. The molecule has 1 saturated heterocycles. The average molecular weight is 373 g/mol. The fourth-order valence-corrected chi connectivity index (χ4v) is 2.91. The summed E-state index contributed by atoms with van der Waals surface area (Å²) in [6.45, 7) is 8.42. The Morgan fingerprint density at radius 2 is 2.22 bits per heavy atom. The number of pyridine rings is 1. The molecule has 0 bridgehead atoms. The van der Waals surface area contributed by atoms with E-state index >= 15 is 0 Å². The van der Waals surface area contributed by atoms with Crippen LogP contribution >= 0.6 is 0 Å². The number of nitrogens with zero attached hydrogens (tertiary/aromatic N) is 3. The summed E-state index contributed by atoms with van der Waals surface area (Å²) in [6, 6.07) is 4.88. The third-order valence-electron chi connectivity index (χ3n) is 4.16. The zero-order valence-electron chi connectivity index (χ0n) is 16.3. The van der Waals surface area contributed by atoms with Crippen LogP contribution in [-0.2, 0) is 9.53 Å². The second-order valence-corrected chi connectivity index (χ2v) is 7.53. The normalized spacial score (nSPS) is 17.7. The smallest absolute Gasteiger partial charge is 0.408 e. The Morgan fingerprint density at radius 1 is 1.48 bits per heavy atom. The first-order valence-corrected chi connectivity index (χ1v) is 9.13. The SMILES string of the molecule is CC[C@H](NC(=O)OC(C)(C)C)C(=O)N[C@H]1CCN(c2ncccc2C#N)C1. The van der Waals surface area contributed by atoms with E-state index in [1.54, 1.807) is 39.1 Å². The van der Waals surface area contributed by atoms with Crippen molar-refractivity contribution in [1.29, 1.82) is 5.26 Å². The van der Waals surface area contributed by atoms with Crippen molar-refractivity contribution in [3.05, 3.63) is 23.9 Å². The van der Waals surface area contributed by atoms with Crippen LogP contribution in [0.5, 0.6) is 0 Å². The predicted molar refractivity (Wildman–Crippen MR) is 101 cm³/mol. The molecule has 0 radical (unpaired) electrons. The monoisotopic (exact) mass is 373 g/mol. The number of amides is 2. The first-order valence-electron chi connectivity index (χ1n) is 9.13. The van der Waals surface area contributed by atoms with Gasteiger partial charge < -0.3 is 20.3 Å². The number of nitriles is 1. The molecule has 2 atom stereocenters. The summed E-state index contributed by atoms with van der Waals surface area (Å²) in [5, 5.41) is 14.8. The second kappa shape index (κ2) is 8.71. The van der Waals surface area contributed by atoms with Crippen LogP contribution in [0.2, 0.25) is 0 Å². The van der Waals surface area contributed by atoms with Crippen LogP contribution in [0.25, 0.3) is 0 Å². The summed E-state index contributed by atoms with van der Waals surface area (Å²) < 4.78 is 5.21. The van der Waals surface area contributed by atoms with Gasteiger partial charge >= 0.3 is 6.09 Å². The lowest BCUT2D eigenvalue weighted by Crippen LogP contribution is -2.50. The molecule has 2 rings (SSSR count). The number of nitrogens with one attached hydrogen (secondary N) is 2. The molecule has 0 unspecified atom stereocenters. The molecule has 1 aromatic heterocycles. The van der Waals surface area contributed by atoms with Gasteiger partial charge in [0.1, 0.15) is 23.5 Å². The van der Waals surface area contributed by atoms with Crippen molar-refractivity contribution in [2.75, 3.05) is 18.0 Å². The van der Waals surface area contributed by atoms with Gasteiger partial charge in [-0.25, -0.2) is 9.78 Å². The third-order valence-corrected chi connectivity index (χ3v) is 4.16. The molecule has 1 aromatic rings. The number of carbonyl (C=O) groups is 2.